The summed E-state index contributed by atoms with van der Waals surface area (Å²) >= 11 is 0. The molecule has 3 rings (SSSR count). The van der Waals surface area contributed by atoms with Crippen LogP contribution in [-0.2, 0) is 14.8 Å². The number of nitrogens with zero attached hydrogens (tertiary/aromatic N) is 3. The molecule has 2 aliphatic rings. The van der Waals surface area contributed by atoms with Crippen LogP contribution in [0.4, 0.5) is 4.79 Å². The van der Waals surface area contributed by atoms with Gasteiger partial charge in [-0.25, -0.2) is 4.79 Å². The average molecular weight is 391 g/mol. The molecule has 0 N–H and O–H groups in total. The number of amides is 1. The maximum absolute atomic E-state index is 12.7. The van der Waals surface area contributed by atoms with Gasteiger partial charge in [-0.2, -0.15) is 8.42 Å². The van der Waals surface area contributed by atoms with E-state index in [1.165, 1.54) is 0 Å². The van der Waals surface area contributed by atoms with Gasteiger partial charge in [0.2, 0.25) is 0 Å². The lowest BCUT2D eigenvalue weighted by molar-refractivity contribution is 0.0921. The molecule has 0 spiro atoms. The van der Waals surface area contributed by atoms with E-state index in [0.29, 0.717) is 49.8 Å². The Morgan fingerprint density at radius 3 is 2.37 bits per heavy atom. The van der Waals surface area contributed by atoms with Gasteiger partial charge in [0, 0.05) is 31.8 Å². The maximum atomic E-state index is 12.7. The SMILES string of the molecule is CCOC(=O)N1CCN(C2=NS(=O)(=O)C(c3ccc(C)c(C)c3)=C2C)CC1. The molecule has 0 atom stereocenters. The van der Waals surface area contributed by atoms with Gasteiger partial charge in [-0.15, -0.1) is 4.40 Å². The van der Waals surface area contributed by atoms with Crippen LogP contribution < -0.4 is 0 Å². The molecule has 0 radical (unpaired) electrons. The zero-order valence-electron chi connectivity index (χ0n) is 16.2. The first-order valence-electron chi connectivity index (χ1n) is 9.05. The molecule has 2 heterocycles. The molecule has 0 saturated carbocycles. The topological polar surface area (TPSA) is 79.3 Å². The molecule has 146 valence electrons. The Morgan fingerprint density at radius 1 is 1.11 bits per heavy atom. The number of hydrogen-bond acceptors (Lipinski definition) is 5. The Bertz CT molecular complexity index is 926. The number of piperazine rings is 1. The number of hydrogen-bond donors (Lipinski definition) is 0. The number of aryl methyl sites for hydroxylation is 2. The van der Waals surface area contributed by atoms with Crippen molar-refractivity contribution < 1.29 is 17.9 Å². The molecule has 1 amide bonds. The summed E-state index contributed by atoms with van der Waals surface area (Å²) in [4.78, 5) is 15.7. The largest absolute Gasteiger partial charge is 0.450 e. The van der Waals surface area contributed by atoms with Crippen molar-refractivity contribution in [3.8, 4) is 0 Å². The molecule has 1 saturated heterocycles. The van der Waals surface area contributed by atoms with Crippen molar-refractivity contribution in [2.45, 2.75) is 27.7 Å². The number of sulfonamides is 1. The first-order chi connectivity index (χ1) is 12.7. The number of amidine groups is 1. The van der Waals surface area contributed by atoms with Crippen LogP contribution in [0.15, 0.2) is 28.2 Å². The monoisotopic (exact) mass is 391 g/mol. The second kappa shape index (κ2) is 7.34. The third-order valence-corrected chi connectivity index (χ3v) is 6.49. The smallest absolute Gasteiger partial charge is 0.409 e. The molecular weight excluding hydrogens is 366 g/mol. The third kappa shape index (κ3) is 3.71. The molecule has 0 aliphatic carbocycles. The Kier molecular flexibility index (Phi) is 5.28. The molecule has 8 heteroatoms. The summed E-state index contributed by atoms with van der Waals surface area (Å²) in [6.45, 7) is 9.86. The number of rotatable bonds is 2. The van der Waals surface area contributed by atoms with E-state index in [9.17, 15) is 13.2 Å². The Hall–Kier alpha value is -2.35. The summed E-state index contributed by atoms with van der Waals surface area (Å²) < 4.78 is 34.5. The Labute approximate surface area is 160 Å². The minimum absolute atomic E-state index is 0.272. The second-order valence-corrected chi connectivity index (χ2v) is 8.36. The number of carbonyl (C=O) groups excluding carboxylic acids is 1. The third-order valence-electron chi connectivity index (χ3n) is 5.01. The van der Waals surface area contributed by atoms with E-state index in [1.54, 1.807) is 18.7 Å². The van der Waals surface area contributed by atoms with Crippen molar-refractivity contribution in [2.24, 2.45) is 4.40 Å². The summed E-state index contributed by atoms with van der Waals surface area (Å²) in [5.74, 6) is 0.478. The molecule has 0 unspecified atom stereocenters. The van der Waals surface area contributed by atoms with Gasteiger partial charge in [-0.05, 0) is 44.4 Å². The van der Waals surface area contributed by atoms with Crippen molar-refractivity contribution in [1.29, 1.82) is 0 Å². The number of benzene rings is 1. The van der Waals surface area contributed by atoms with Gasteiger partial charge < -0.3 is 14.5 Å². The van der Waals surface area contributed by atoms with Crippen molar-refractivity contribution in [1.82, 2.24) is 9.80 Å². The van der Waals surface area contributed by atoms with Gasteiger partial charge in [0.15, 0.2) is 0 Å². The minimum Gasteiger partial charge on any atom is -0.450 e. The molecule has 1 fully saturated rings. The van der Waals surface area contributed by atoms with Crippen molar-refractivity contribution in [3.05, 3.63) is 40.5 Å². The summed E-state index contributed by atoms with van der Waals surface area (Å²) in [5, 5.41) is 0. The van der Waals surface area contributed by atoms with Crippen LogP contribution in [0.1, 0.15) is 30.5 Å². The van der Waals surface area contributed by atoms with E-state index < -0.39 is 10.0 Å². The van der Waals surface area contributed by atoms with Crippen LogP contribution in [0.25, 0.3) is 4.91 Å². The fourth-order valence-electron chi connectivity index (χ4n) is 3.38. The molecule has 7 nitrogen and oxygen atoms in total. The number of carbonyl (C=O) groups is 1. The van der Waals surface area contributed by atoms with E-state index in [4.69, 9.17) is 4.74 Å². The fourth-order valence-corrected chi connectivity index (χ4v) is 4.86. The molecule has 1 aromatic carbocycles. The van der Waals surface area contributed by atoms with Crippen LogP contribution in [-0.4, -0.2) is 62.9 Å². The van der Waals surface area contributed by atoms with Crippen molar-refractivity contribution in [3.63, 3.8) is 0 Å². The summed E-state index contributed by atoms with van der Waals surface area (Å²) in [6, 6.07) is 5.65. The average Bonchev–Trinajstić information content (AvgIpc) is 2.87. The molecular formula is C19H25N3O4S. The minimum atomic E-state index is -3.74. The predicted molar refractivity (Wildman–Crippen MR) is 105 cm³/mol. The summed E-state index contributed by atoms with van der Waals surface area (Å²) in [5.41, 5.74) is 3.48. The zero-order valence-corrected chi connectivity index (χ0v) is 17.0. The van der Waals surface area contributed by atoms with Gasteiger partial charge in [0.25, 0.3) is 10.0 Å². The van der Waals surface area contributed by atoms with Gasteiger partial charge in [-0.3, -0.25) is 0 Å². The predicted octanol–water partition coefficient (Wildman–Crippen LogP) is 2.55. The van der Waals surface area contributed by atoms with Gasteiger partial charge in [0.05, 0.1) is 6.61 Å². The molecule has 27 heavy (non-hydrogen) atoms. The molecule has 1 aromatic rings. The molecule has 2 aliphatic heterocycles. The Morgan fingerprint density at radius 2 is 1.78 bits per heavy atom. The highest BCUT2D eigenvalue weighted by Crippen LogP contribution is 2.34. The molecule has 0 bridgehead atoms. The van der Waals surface area contributed by atoms with E-state index >= 15 is 0 Å². The first kappa shape index (κ1) is 19.4. The fraction of sp³-hybridized carbons (Fsp3) is 0.474. The second-order valence-electron chi connectivity index (χ2n) is 6.82. The first-order valence-corrected chi connectivity index (χ1v) is 10.5. The Balaban J connectivity index is 1.84. The van der Waals surface area contributed by atoms with E-state index in [-0.39, 0.29) is 11.0 Å². The zero-order chi connectivity index (χ0) is 19.8. The van der Waals surface area contributed by atoms with Crippen LogP contribution >= 0.6 is 0 Å². The van der Waals surface area contributed by atoms with Crippen molar-refractivity contribution in [2.75, 3.05) is 32.8 Å². The highest BCUT2D eigenvalue weighted by atomic mass is 32.2. The highest BCUT2D eigenvalue weighted by molar-refractivity contribution is 8.00. The lowest BCUT2D eigenvalue weighted by Gasteiger charge is -2.35. The maximum Gasteiger partial charge on any atom is 0.409 e. The highest BCUT2D eigenvalue weighted by Gasteiger charge is 2.35. The quantitative estimate of drug-likeness (QED) is 0.774. The van der Waals surface area contributed by atoms with Gasteiger partial charge in [-0.1, -0.05) is 18.2 Å². The van der Waals surface area contributed by atoms with Crippen LogP contribution in [0.5, 0.6) is 0 Å². The van der Waals surface area contributed by atoms with Crippen LogP contribution in [0, 0.1) is 13.8 Å². The summed E-state index contributed by atoms with van der Waals surface area (Å²) in [7, 11) is -3.74. The van der Waals surface area contributed by atoms with E-state index in [1.807, 2.05) is 36.9 Å². The van der Waals surface area contributed by atoms with Gasteiger partial charge in [0.1, 0.15) is 10.7 Å². The van der Waals surface area contributed by atoms with Crippen LogP contribution in [0.2, 0.25) is 0 Å². The lowest BCUT2D eigenvalue weighted by Crippen LogP contribution is -2.50. The standard InChI is InChI=1S/C19H25N3O4S/c1-5-26-19(23)22-10-8-21(9-11-22)18-15(4)17(27(24,25)20-18)16-7-6-13(2)14(3)12-16/h6-7,12H,5,8-11H2,1-4H3. The van der Waals surface area contributed by atoms with Crippen LogP contribution in [0.3, 0.4) is 0 Å². The number of ether oxygens (including phenoxy) is 1. The van der Waals surface area contributed by atoms with E-state index in [2.05, 4.69) is 4.40 Å². The van der Waals surface area contributed by atoms with Crippen molar-refractivity contribution >= 4 is 26.9 Å². The van der Waals surface area contributed by atoms with E-state index in [0.717, 1.165) is 11.1 Å². The lowest BCUT2D eigenvalue weighted by atomic mass is 10.0. The van der Waals surface area contributed by atoms with Gasteiger partial charge >= 0.3 is 6.09 Å². The normalized spacial score (nSPS) is 19.3. The summed E-state index contributed by atoms with van der Waals surface area (Å²) in [6.07, 6.45) is -0.332. The molecule has 0 aromatic heterocycles.